The van der Waals surface area contributed by atoms with Crippen LogP contribution in [0.25, 0.3) is 0 Å². The van der Waals surface area contributed by atoms with Crippen LogP contribution in [0.15, 0.2) is 24.3 Å². The van der Waals surface area contributed by atoms with Crippen LogP contribution in [0.5, 0.6) is 0 Å². The minimum Gasteiger partial charge on any atom is -0.462 e. The predicted octanol–water partition coefficient (Wildman–Crippen LogP) is 16.7. The maximum atomic E-state index is 12.7. The highest BCUT2D eigenvalue weighted by Gasteiger charge is 2.26. The summed E-state index contributed by atoms with van der Waals surface area (Å²) in [5.41, 5.74) is 5.37. The number of rotatable bonds is 52. The molecule has 0 saturated heterocycles. The zero-order chi connectivity index (χ0) is 46.7. The van der Waals surface area contributed by atoms with Gasteiger partial charge in [0, 0.05) is 19.4 Å². The number of ether oxygens (including phenoxy) is 2. The summed E-state index contributed by atoms with van der Waals surface area (Å²) in [6, 6.07) is 0. The van der Waals surface area contributed by atoms with Crippen LogP contribution in [0.3, 0.4) is 0 Å². The van der Waals surface area contributed by atoms with Crippen molar-refractivity contribution in [3.63, 3.8) is 0 Å². The van der Waals surface area contributed by atoms with E-state index in [0.29, 0.717) is 6.42 Å². The van der Waals surface area contributed by atoms with Gasteiger partial charge in [0.2, 0.25) is 0 Å². The highest BCUT2D eigenvalue weighted by Crippen LogP contribution is 2.43. The van der Waals surface area contributed by atoms with E-state index in [1.165, 1.54) is 199 Å². The standard InChI is InChI=1S/C54H104NO8P/c1-3-5-7-9-11-13-15-17-19-21-23-24-25-26-27-28-29-31-33-35-37-39-41-43-45-47-54(57)63-52(51-62-64(58,59)61-49-48-55)50-60-53(56)46-44-42-40-38-36-34-32-30-22-20-18-16-14-12-10-8-6-4-2/h15,17,21,23,52H,3-14,16,18-20,22,24-51,55H2,1-2H3,(H,58,59)/b17-15-,23-21-. The van der Waals surface area contributed by atoms with E-state index in [1.54, 1.807) is 0 Å². The summed E-state index contributed by atoms with van der Waals surface area (Å²) in [7, 11) is -4.38. The van der Waals surface area contributed by atoms with Gasteiger partial charge < -0.3 is 20.1 Å². The molecule has 10 heteroatoms. The third-order valence-electron chi connectivity index (χ3n) is 12.1. The summed E-state index contributed by atoms with van der Waals surface area (Å²) in [6.45, 7) is 3.78. The van der Waals surface area contributed by atoms with Crippen LogP contribution in [0, 0.1) is 0 Å². The Morgan fingerprint density at radius 3 is 1.19 bits per heavy atom. The average Bonchev–Trinajstić information content (AvgIpc) is 3.28. The molecule has 0 aromatic heterocycles. The Hall–Kier alpha value is -1.51. The number of allylic oxidation sites excluding steroid dienone is 4. The molecule has 2 atom stereocenters. The first-order chi connectivity index (χ1) is 31.3. The minimum absolute atomic E-state index is 0.0557. The van der Waals surface area contributed by atoms with Gasteiger partial charge >= 0.3 is 19.8 Å². The molecule has 0 bridgehead atoms. The molecule has 0 saturated carbocycles. The summed E-state index contributed by atoms with van der Waals surface area (Å²) in [6.07, 6.45) is 57.9. The lowest BCUT2D eigenvalue weighted by molar-refractivity contribution is -0.161. The molecule has 0 spiro atoms. The van der Waals surface area contributed by atoms with Crippen molar-refractivity contribution in [3.05, 3.63) is 24.3 Å². The van der Waals surface area contributed by atoms with Crippen molar-refractivity contribution in [2.75, 3.05) is 26.4 Å². The van der Waals surface area contributed by atoms with E-state index in [9.17, 15) is 19.0 Å². The van der Waals surface area contributed by atoms with Gasteiger partial charge in [-0.2, -0.15) is 0 Å². The Labute approximate surface area is 395 Å². The molecular formula is C54H104NO8P. The first-order valence-electron chi connectivity index (χ1n) is 27.3. The molecule has 3 N–H and O–H groups in total. The molecule has 0 aromatic rings. The van der Waals surface area contributed by atoms with Gasteiger partial charge in [0.1, 0.15) is 6.61 Å². The van der Waals surface area contributed by atoms with Crippen LogP contribution in [0.1, 0.15) is 277 Å². The van der Waals surface area contributed by atoms with Crippen LogP contribution in [-0.2, 0) is 32.7 Å². The SMILES string of the molecule is CCCCCCC/C=C\C/C=C\CCCCCCCCCCCCCCCC(=O)OC(COC(=O)CCCCCCCCCCCCCCCCCCCC)COP(=O)(O)OCCN. The van der Waals surface area contributed by atoms with Crippen molar-refractivity contribution in [2.45, 2.75) is 283 Å². The monoisotopic (exact) mass is 926 g/mol. The lowest BCUT2D eigenvalue weighted by Crippen LogP contribution is -2.29. The van der Waals surface area contributed by atoms with Gasteiger partial charge in [0.25, 0.3) is 0 Å². The van der Waals surface area contributed by atoms with E-state index in [0.717, 1.165) is 44.9 Å². The van der Waals surface area contributed by atoms with Crippen molar-refractivity contribution in [2.24, 2.45) is 5.73 Å². The van der Waals surface area contributed by atoms with Crippen molar-refractivity contribution in [1.29, 1.82) is 0 Å². The van der Waals surface area contributed by atoms with Crippen LogP contribution in [0.4, 0.5) is 0 Å². The summed E-state index contributed by atoms with van der Waals surface area (Å²) < 4.78 is 33.0. The van der Waals surface area contributed by atoms with E-state index in [-0.39, 0.29) is 38.6 Å². The second kappa shape index (κ2) is 50.9. The lowest BCUT2D eigenvalue weighted by Gasteiger charge is -2.19. The zero-order valence-electron chi connectivity index (χ0n) is 42.0. The molecule has 0 rings (SSSR count). The van der Waals surface area contributed by atoms with Gasteiger partial charge in [-0.05, 0) is 44.9 Å². The van der Waals surface area contributed by atoms with Crippen LogP contribution < -0.4 is 5.73 Å². The van der Waals surface area contributed by atoms with Crippen LogP contribution in [-0.4, -0.2) is 49.3 Å². The van der Waals surface area contributed by atoms with Crippen molar-refractivity contribution in [1.82, 2.24) is 0 Å². The normalized spacial score (nSPS) is 13.2. The Bertz CT molecular complexity index is 1100. The number of carbonyl (C=O) groups is 2. The minimum atomic E-state index is -4.38. The second-order valence-electron chi connectivity index (χ2n) is 18.5. The fourth-order valence-electron chi connectivity index (χ4n) is 8.02. The van der Waals surface area contributed by atoms with Gasteiger partial charge in [-0.1, -0.05) is 244 Å². The Balaban J connectivity index is 3.97. The van der Waals surface area contributed by atoms with Gasteiger partial charge in [-0.3, -0.25) is 18.6 Å². The Morgan fingerprint density at radius 1 is 0.469 bits per heavy atom. The maximum absolute atomic E-state index is 12.7. The average molecular weight is 926 g/mol. The second-order valence-corrected chi connectivity index (χ2v) is 19.9. The Morgan fingerprint density at radius 2 is 0.812 bits per heavy atom. The van der Waals surface area contributed by atoms with Crippen molar-refractivity contribution in [3.8, 4) is 0 Å². The van der Waals surface area contributed by atoms with Crippen molar-refractivity contribution < 1.29 is 37.6 Å². The van der Waals surface area contributed by atoms with Gasteiger partial charge in [-0.15, -0.1) is 0 Å². The molecule has 0 aliphatic carbocycles. The molecule has 64 heavy (non-hydrogen) atoms. The summed E-state index contributed by atoms with van der Waals surface area (Å²) >= 11 is 0. The molecule has 2 unspecified atom stereocenters. The zero-order valence-corrected chi connectivity index (χ0v) is 42.9. The molecule has 9 nitrogen and oxygen atoms in total. The topological polar surface area (TPSA) is 134 Å². The number of hydrogen-bond acceptors (Lipinski definition) is 8. The maximum Gasteiger partial charge on any atom is 0.472 e. The third-order valence-corrected chi connectivity index (χ3v) is 13.1. The number of esters is 2. The molecule has 0 radical (unpaired) electrons. The number of unbranched alkanes of at least 4 members (excludes halogenated alkanes) is 35. The van der Waals surface area contributed by atoms with E-state index in [1.807, 2.05) is 0 Å². The van der Waals surface area contributed by atoms with Gasteiger partial charge in [0.05, 0.1) is 13.2 Å². The largest absolute Gasteiger partial charge is 0.472 e. The number of hydrogen-bond donors (Lipinski definition) is 2. The Kier molecular flexibility index (Phi) is 49.7. The quantitative estimate of drug-likeness (QED) is 0.0265. The first-order valence-corrected chi connectivity index (χ1v) is 28.8. The summed E-state index contributed by atoms with van der Waals surface area (Å²) in [5.74, 6) is -0.813. The van der Waals surface area contributed by atoms with Gasteiger partial charge in [0.15, 0.2) is 6.10 Å². The summed E-state index contributed by atoms with van der Waals surface area (Å²) in [4.78, 5) is 35.1. The summed E-state index contributed by atoms with van der Waals surface area (Å²) in [5, 5.41) is 0. The third kappa shape index (κ3) is 49.9. The highest BCUT2D eigenvalue weighted by atomic mass is 31.2. The van der Waals surface area contributed by atoms with E-state index < -0.39 is 26.5 Å². The number of carbonyl (C=O) groups excluding carboxylic acids is 2. The smallest absolute Gasteiger partial charge is 0.462 e. The van der Waals surface area contributed by atoms with Crippen LogP contribution >= 0.6 is 7.82 Å². The van der Waals surface area contributed by atoms with Crippen LogP contribution in [0.2, 0.25) is 0 Å². The lowest BCUT2D eigenvalue weighted by atomic mass is 10.0. The first kappa shape index (κ1) is 62.5. The fraction of sp³-hybridized carbons (Fsp3) is 0.889. The molecule has 0 aromatic carbocycles. The molecular weight excluding hydrogens is 822 g/mol. The molecule has 0 fully saturated rings. The number of phosphoric ester groups is 1. The number of phosphoric acid groups is 1. The molecule has 0 amide bonds. The van der Waals surface area contributed by atoms with Gasteiger partial charge in [-0.25, -0.2) is 4.57 Å². The van der Waals surface area contributed by atoms with E-state index in [4.69, 9.17) is 24.3 Å². The predicted molar refractivity (Wildman–Crippen MR) is 271 cm³/mol. The van der Waals surface area contributed by atoms with Crippen molar-refractivity contribution >= 4 is 19.8 Å². The highest BCUT2D eigenvalue weighted by molar-refractivity contribution is 7.47. The fourth-order valence-corrected chi connectivity index (χ4v) is 8.79. The van der Waals surface area contributed by atoms with E-state index >= 15 is 0 Å². The number of nitrogens with two attached hydrogens (primary N) is 1. The molecule has 0 aliphatic rings. The molecule has 378 valence electrons. The van der Waals surface area contributed by atoms with E-state index in [2.05, 4.69) is 38.2 Å². The molecule has 0 heterocycles. The molecule has 0 aliphatic heterocycles.